The van der Waals surface area contributed by atoms with Crippen molar-refractivity contribution in [3.05, 3.63) is 81.9 Å². The van der Waals surface area contributed by atoms with Crippen LogP contribution < -0.4 is 5.32 Å². The monoisotopic (exact) mass is 491 g/mol. The number of carbonyl (C=O) groups is 4. The molecule has 0 saturated carbocycles. The van der Waals surface area contributed by atoms with Gasteiger partial charge in [-0.25, -0.2) is 4.79 Å². The second-order valence-electron chi connectivity index (χ2n) is 8.82. The Morgan fingerprint density at radius 2 is 1.72 bits per heavy atom. The van der Waals surface area contributed by atoms with E-state index in [1.54, 1.807) is 31.2 Å². The number of aryl methyl sites for hydroxylation is 1. The predicted molar refractivity (Wildman–Crippen MR) is 129 cm³/mol. The number of esters is 1. The molecule has 186 valence electrons. The Bertz CT molecular complexity index is 1220. The van der Waals surface area contributed by atoms with Crippen molar-refractivity contribution in [2.75, 3.05) is 11.9 Å². The zero-order valence-corrected chi connectivity index (χ0v) is 19.6. The third kappa shape index (κ3) is 5.17. The number of carbonyl (C=O) groups excluding carboxylic acids is 4. The lowest BCUT2D eigenvalue weighted by Crippen LogP contribution is -2.48. The first-order valence-electron chi connectivity index (χ1n) is 11.5. The van der Waals surface area contributed by atoms with Crippen molar-refractivity contribution in [2.45, 2.75) is 32.2 Å². The number of nitro groups is 1. The minimum atomic E-state index is -1.22. The van der Waals surface area contributed by atoms with Crippen molar-refractivity contribution < 1.29 is 28.8 Å². The van der Waals surface area contributed by atoms with E-state index in [9.17, 15) is 29.3 Å². The van der Waals surface area contributed by atoms with Crippen molar-refractivity contribution >= 4 is 35.1 Å². The van der Waals surface area contributed by atoms with E-state index in [1.165, 1.54) is 18.2 Å². The van der Waals surface area contributed by atoms with Crippen LogP contribution in [-0.2, 0) is 30.3 Å². The summed E-state index contributed by atoms with van der Waals surface area (Å²) in [7, 11) is 0. The smallest absolute Gasteiger partial charge is 0.330 e. The van der Waals surface area contributed by atoms with Gasteiger partial charge in [0.25, 0.3) is 11.6 Å². The maximum absolute atomic E-state index is 13.1. The van der Waals surface area contributed by atoms with E-state index >= 15 is 0 Å². The van der Waals surface area contributed by atoms with Crippen LogP contribution in [0, 0.1) is 28.9 Å². The summed E-state index contributed by atoms with van der Waals surface area (Å²) in [5, 5.41) is 13.6. The molecule has 1 fully saturated rings. The maximum atomic E-state index is 13.1. The van der Waals surface area contributed by atoms with E-state index < -0.39 is 53.1 Å². The third-order valence-corrected chi connectivity index (χ3v) is 6.43. The number of amides is 3. The van der Waals surface area contributed by atoms with Crippen molar-refractivity contribution in [1.29, 1.82) is 0 Å². The van der Waals surface area contributed by atoms with E-state index in [-0.39, 0.29) is 17.8 Å². The number of nitrogens with one attached hydrogen (secondary N) is 1. The molecule has 2 aliphatic rings. The molecule has 3 atom stereocenters. The van der Waals surface area contributed by atoms with Crippen LogP contribution in [0.2, 0.25) is 0 Å². The van der Waals surface area contributed by atoms with Gasteiger partial charge in [-0.05, 0) is 31.4 Å². The molecule has 1 aliphatic heterocycles. The highest BCUT2D eigenvalue weighted by Gasteiger charge is 2.51. The van der Waals surface area contributed by atoms with Gasteiger partial charge in [0.2, 0.25) is 11.8 Å². The summed E-state index contributed by atoms with van der Waals surface area (Å²) < 4.78 is 5.23. The standard InChI is InChI=1S/C26H25N3O7/c1-16-11-12-18(14-21(16)29(34)35)27-23(30)15-36-26(33)22(13-17-7-3-2-4-8-17)28-24(31)19-9-5-6-10-20(19)25(28)32/h2-8,11-12,14,19-20,22H,9-10,13,15H2,1H3,(H,27,30)/t19-,20+,22-/m1/s1. The number of nitro benzene ring substituents is 1. The van der Waals surface area contributed by atoms with Gasteiger partial charge in [-0.1, -0.05) is 48.6 Å². The Morgan fingerprint density at radius 1 is 1.08 bits per heavy atom. The molecule has 1 saturated heterocycles. The fourth-order valence-electron chi connectivity index (χ4n) is 4.56. The lowest BCUT2D eigenvalue weighted by molar-refractivity contribution is -0.385. The summed E-state index contributed by atoms with van der Waals surface area (Å²) in [6.07, 6.45) is 4.64. The number of hydrogen-bond donors (Lipinski definition) is 1. The Morgan fingerprint density at radius 3 is 2.33 bits per heavy atom. The van der Waals surface area contributed by atoms with Crippen LogP contribution in [0.1, 0.15) is 24.0 Å². The van der Waals surface area contributed by atoms with Crippen LogP contribution in [0.15, 0.2) is 60.7 Å². The molecule has 4 rings (SSSR count). The van der Waals surface area contributed by atoms with Crippen molar-refractivity contribution in [1.82, 2.24) is 4.90 Å². The average molecular weight is 492 g/mol. The molecule has 0 bridgehead atoms. The highest BCUT2D eigenvalue weighted by atomic mass is 16.6. The Balaban J connectivity index is 1.47. The predicted octanol–water partition coefficient (Wildman–Crippen LogP) is 2.95. The molecule has 10 nitrogen and oxygen atoms in total. The van der Waals surface area contributed by atoms with Gasteiger partial charge in [0.05, 0.1) is 16.8 Å². The molecule has 36 heavy (non-hydrogen) atoms. The third-order valence-electron chi connectivity index (χ3n) is 6.43. The van der Waals surface area contributed by atoms with Gasteiger partial charge in [-0.2, -0.15) is 0 Å². The largest absolute Gasteiger partial charge is 0.454 e. The highest BCUT2D eigenvalue weighted by Crippen LogP contribution is 2.36. The molecule has 0 aromatic heterocycles. The zero-order chi connectivity index (χ0) is 25.8. The molecule has 10 heteroatoms. The first-order chi connectivity index (χ1) is 17.3. The molecule has 0 radical (unpaired) electrons. The number of nitrogens with zero attached hydrogens (tertiary/aromatic N) is 2. The van der Waals surface area contributed by atoms with Crippen LogP contribution in [0.25, 0.3) is 0 Å². The van der Waals surface area contributed by atoms with E-state index in [1.807, 2.05) is 18.2 Å². The fourth-order valence-corrected chi connectivity index (χ4v) is 4.56. The first kappa shape index (κ1) is 24.8. The molecule has 1 N–H and O–H groups in total. The second kappa shape index (κ2) is 10.5. The van der Waals surface area contributed by atoms with Crippen LogP contribution >= 0.6 is 0 Å². The molecule has 0 spiro atoms. The van der Waals surface area contributed by atoms with Crippen LogP contribution in [-0.4, -0.2) is 46.2 Å². The molecule has 3 amide bonds. The number of anilines is 1. The molecular weight excluding hydrogens is 466 g/mol. The second-order valence-corrected chi connectivity index (χ2v) is 8.82. The van der Waals surface area contributed by atoms with E-state index in [2.05, 4.69) is 5.32 Å². The van der Waals surface area contributed by atoms with Crippen molar-refractivity contribution in [3.63, 3.8) is 0 Å². The van der Waals surface area contributed by atoms with Crippen molar-refractivity contribution in [3.8, 4) is 0 Å². The van der Waals surface area contributed by atoms with Gasteiger partial charge in [-0.3, -0.25) is 29.4 Å². The first-order valence-corrected chi connectivity index (χ1v) is 11.5. The quantitative estimate of drug-likeness (QED) is 0.197. The Kier molecular flexibility index (Phi) is 7.23. The van der Waals surface area contributed by atoms with E-state index in [4.69, 9.17) is 4.74 Å². The van der Waals surface area contributed by atoms with Crippen LogP contribution in [0.5, 0.6) is 0 Å². The fraction of sp³-hybridized carbons (Fsp3) is 0.308. The van der Waals surface area contributed by atoms with E-state index in [0.717, 1.165) is 10.5 Å². The molecule has 1 heterocycles. The summed E-state index contributed by atoms with van der Waals surface area (Å²) in [5.41, 5.74) is 1.18. The summed E-state index contributed by atoms with van der Waals surface area (Å²) in [6, 6.07) is 11.9. The van der Waals surface area contributed by atoms with Crippen LogP contribution in [0.4, 0.5) is 11.4 Å². The normalized spacial score (nSPS) is 19.5. The molecule has 2 aromatic carbocycles. The topological polar surface area (TPSA) is 136 Å². The number of imide groups is 1. The van der Waals surface area contributed by atoms with Gasteiger partial charge < -0.3 is 10.1 Å². The zero-order valence-electron chi connectivity index (χ0n) is 19.6. The lowest BCUT2D eigenvalue weighted by Gasteiger charge is -2.25. The summed E-state index contributed by atoms with van der Waals surface area (Å²) >= 11 is 0. The van der Waals surface area contributed by atoms with Gasteiger partial charge >= 0.3 is 5.97 Å². The summed E-state index contributed by atoms with van der Waals surface area (Å²) in [4.78, 5) is 63.3. The number of benzene rings is 2. The minimum absolute atomic E-state index is 0.0514. The van der Waals surface area contributed by atoms with Crippen LogP contribution in [0.3, 0.4) is 0 Å². The Hall–Kier alpha value is -4.34. The summed E-state index contributed by atoms with van der Waals surface area (Å²) in [5.74, 6) is -3.43. The Labute approximate surface area is 207 Å². The molecule has 1 aliphatic carbocycles. The SMILES string of the molecule is Cc1ccc(NC(=O)COC(=O)[C@@H](Cc2ccccc2)N2C(=O)[C@H]3CC=CC[C@H]3C2=O)cc1[N+](=O)[O-]. The average Bonchev–Trinajstić information content (AvgIpc) is 3.12. The number of rotatable bonds is 8. The number of hydrogen-bond acceptors (Lipinski definition) is 7. The minimum Gasteiger partial charge on any atom is -0.454 e. The van der Waals surface area contributed by atoms with E-state index in [0.29, 0.717) is 18.4 Å². The van der Waals surface area contributed by atoms with Gasteiger partial charge in [0, 0.05) is 23.7 Å². The lowest BCUT2D eigenvalue weighted by atomic mass is 9.85. The molecule has 0 unspecified atom stereocenters. The highest BCUT2D eigenvalue weighted by molar-refractivity contribution is 6.08. The van der Waals surface area contributed by atoms with Gasteiger partial charge in [0.1, 0.15) is 6.04 Å². The number of likely N-dealkylation sites (tertiary alicyclic amines) is 1. The number of fused-ring (bicyclic) bond motifs is 1. The molecular formula is C26H25N3O7. The van der Waals surface area contributed by atoms with Gasteiger partial charge in [-0.15, -0.1) is 0 Å². The van der Waals surface area contributed by atoms with Gasteiger partial charge in [0.15, 0.2) is 6.61 Å². The molecule has 2 aromatic rings. The number of ether oxygens (including phenoxy) is 1. The summed E-state index contributed by atoms with van der Waals surface area (Å²) in [6.45, 7) is 0.891. The number of allylic oxidation sites excluding steroid dienone is 2. The van der Waals surface area contributed by atoms with Crippen molar-refractivity contribution in [2.24, 2.45) is 11.8 Å². The maximum Gasteiger partial charge on any atom is 0.330 e.